The molecular formula is C19H17Cl2N3O5S. The number of halogens is 2. The van der Waals surface area contributed by atoms with E-state index in [2.05, 4.69) is 5.32 Å². The van der Waals surface area contributed by atoms with Crippen LogP contribution in [0.25, 0.3) is 0 Å². The van der Waals surface area contributed by atoms with Crippen LogP contribution in [0.3, 0.4) is 0 Å². The monoisotopic (exact) mass is 469 g/mol. The molecule has 8 nitrogen and oxygen atoms in total. The number of fused-ring (bicyclic) bond motifs is 1. The van der Waals surface area contributed by atoms with Crippen LogP contribution < -0.4 is 14.8 Å². The van der Waals surface area contributed by atoms with Gasteiger partial charge in [0.25, 0.3) is 5.91 Å². The molecule has 2 aromatic rings. The predicted molar refractivity (Wildman–Crippen MR) is 112 cm³/mol. The van der Waals surface area contributed by atoms with Crippen LogP contribution in [0, 0.1) is 11.3 Å². The van der Waals surface area contributed by atoms with E-state index in [9.17, 15) is 18.5 Å². The van der Waals surface area contributed by atoms with E-state index in [0.717, 1.165) is 0 Å². The SMILES string of the molecule is N#Cc1cc2c(cc1NC(=O)c1ccc(S(=O)(=O)N(CCCl)CCCl)cc1)OCO2. The molecule has 0 aliphatic carbocycles. The smallest absolute Gasteiger partial charge is 0.255 e. The Labute approximate surface area is 183 Å². The van der Waals surface area contributed by atoms with Gasteiger partial charge in [-0.2, -0.15) is 9.57 Å². The van der Waals surface area contributed by atoms with Gasteiger partial charge in [-0.3, -0.25) is 4.79 Å². The number of nitrogens with one attached hydrogen (secondary N) is 1. The summed E-state index contributed by atoms with van der Waals surface area (Å²) < 4.78 is 37.1. The van der Waals surface area contributed by atoms with Crippen LogP contribution in [0.4, 0.5) is 5.69 Å². The molecule has 0 aromatic heterocycles. The molecule has 1 aliphatic rings. The summed E-state index contributed by atoms with van der Waals surface area (Å²) in [7, 11) is -3.78. The van der Waals surface area contributed by atoms with Gasteiger partial charge in [-0.25, -0.2) is 8.42 Å². The molecule has 11 heteroatoms. The maximum absolute atomic E-state index is 12.7. The largest absolute Gasteiger partial charge is 0.454 e. The zero-order valence-corrected chi connectivity index (χ0v) is 17.9. The summed E-state index contributed by atoms with van der Waals surface area (Å²) in [6.07, 6.45) is 0. The highest BCUT2D eigenvalue weighted by Gasteiger charge is 2.24. The number of hydrogen-bond donors (Lipinski definition) is 1. The molecule has 0 radical (unpaired) electrons. The predicted octanol–water partition coefficient (Wildman–Crippen LogP) is 3.01. The van der Waals surface area contributed by atoms with E-state index in [1.54, 1.807) is 0 Å². The van der Waals surface area contributed by atoms with Crippen molar-refractivity contribution in [2.24, 2.45) is 0 Å². The lowest BCUT2D eigenvalue weighted by Gasteiger charge is -2.20. The Morgan fingerprint density at radius 3 is 2.27 bits per heavy atom. The molecule has 1 heterocycles. The summed E-state index contributed by atoms with van der Waals surface area (Å²) in [5, 5.41) is 11.9. The van der Waals surface area contributed by atoms with Gasteiger partial charge >= 0.3 is 0 Å². The first-order valence-electron chi connectivity index (χ1n) is 8.78. The highest BCUT2D eigenvalue weighted by molar-refractivity contribution is 7.89. The molecule has 0 bridgehead atoms. The molecule has 0 fully saturated rings. The third kappa shape index (κ3) is 4.63. The number of benzene rings is 2. The first-order chi connectivity index (χ1) is 14.4. The summed E-state index contributed by atoms with van der Waals surface area (Å²) in [4.78, 5) is 12.6. The Kier molecular flexibility index (Phi) is 7.05. The van der Waals surface area contributed by atoms with E-state index >= 15 is 0 Å². The molecule has 0 unspecified atom stereocenters. The number of amides is 1. The standard InChI is InChI=1S/C19H17Cl2N3O5S/c20-5-7-24(8-6-21)30(26,27)15-3-1-13(2-4-15)19(25)23-16-10-18-17(28-12-29-18)9-14(16)11-22/h1-4,9-10H,5-8,12H2,(H,23,25). The number of carbonyl (C=O) groups excluding carboxylic acids is 1. The minimum absolute atomic E-state index is 0.0232. The van der Waals surface area contributed by atoms with Gasteiger partial charge in [0.2, 0.25) is 16.8 Å². The van der Waals surface area contributed by atoms with Gasteiger partial charge in [0.05, 0.1) is 16.1 Å². The molecule has 0 spiro atoms. The highest BCUT2D eigenvalue weighted by atomic mass is 35.5. The van der Waals surface area contributed by atoms with Gasteiger partial charge in [-0.15, -0.1) is 23.2 Å². The number of nitrogens with zero attached hydrogens (tertiary/aromatic N) is 2. The van der Waals surface area contributed by atoms with Crippen molar-refractivity contribution < 1.29 is 22.7 Å². The van der Waals surface area contributed by atoms with Crippen LogP contribution in [-0.2, 0) is 10.0 Å². The van der Waals surface area contributed by atoms with Gasteiger partial charge in [-0.05, 0) is 24.3 Å². The summed E-state index contributed by atoms with van der Waals surface area (Å²) in [5.41, 5.74) is 0.695. The Hall–Kier alpha value is -2.51. The quantitative estimate of drug-likeness (QED) is 0.595. The van der Waals surface area contributed by atoms with Crippen LogP contribution in [0.15, 0.2) is 41.3 Å². The first-order valence-corrected chi connectivity index (χ1v) is 11.3. The summed E-state index contributed by atoms with van der Waals surface area (Å²) >= 11 is 11.4. The zero-order valence-electron chi connectivity index (χ0n) is 15.6. The lowest BCUT2D eigenvalue weighted by molar-refractivity contribution is 0.102. The molecule has 1 aliphatic heterocycles. The van der Waals surface area contributed by atoms with Crippen molar-refractivity contribution in [2.75, 3.05) is 37.0 Å². The number of ether oxygens (including phenoxy) is 2. The highest BCUT2D eigenvalue weighted by Crippen LogP contribution is 2.37. The molecule has 1 N–H and O–H groups in total. The Balaban J connectivity index is 1.80. The maximum Gasteiger partial charge on any atom is 0.255 e. The molecule has 0 saturated carbocycles. The number of hydrogen-bond acceptors (Lipinski definition) is 6. The third-order valence-electron chi connectivity index (χ3n) is 4.30. The number of alkyl halides is 2. The average Bonchev–Trinajstić information content (AvgIpc) is 3.20. The number of nitriles is 1. The number of anilines is 1. The maximum atomic E-state index is 12.7. The Morgan fingerprint density at radius 1 is 1.10 bits per heavy atom. The fourth-order valence-corrected chi connectivity index (χ4v) is 4.85. The van der Waals surface area contributed by atoms with E-state index < -0.39 is 15.9 Å². The van der Waals surface area contributed by atoms with Gasteiger partial charge in [-0.1, -0.05) is 0 Å². The van der Waals surface area contributed by atoms with E-state index in [1.165, 1.54) is 40.7 Å². The molecule has 0 atom stereocenters. The van der Waals surface area contributed by atoms with E-state index in [1.807, 2.05) is 6.07 Å². The molecule has 3 rings (SSSR count). The van der Waals surface area contributed by atoms with Crippen LogP contribution >= 0.6 is 23.2 Å². The van der Waals surface area contributed by atoms with Crippen molar-refractivity contribution in [3.63, 3.8) is 0 Å². The van der Waals surface area contributed by atoms with Crippen molar-refractivity contribution in [1.29, 1.82) is 5.26 Å². The fraction of sp³-hybridized carbons (Fsp3) is 0.263. The fourth-order valence-electron chi connectivity index (χ4n) is 2.80. The summed E-state index contributed by atoms with van der Waals surface area (Å²) in [6.45, 7) is 0.289. The molecular weight excluding hydrogens is 453 g/mol. The van der Waals surface area contributed by atoms with E-state index in [4.69, 9.17) is 32.7 Å². The minimum atomic E-state index is -3.78. The van der Waals surface area contributed by atoms with Crippen LogP contribution in [0.1, 0.15) is 15.9 Å². The van der Waals surface area contributed by atoms with Gasteiger partial charge in [0.15, 0.2) is 11.5 Å². The summed E-state index contributed by atoms with van der Waals surface area (Å²) in [5.74, 6) is 0.607. The van der Waals surface area contributed by atoms with Crippen molar-refractivity contribution in [1.82, 2.24) is 4.31 Å². The Bertz CT molecular complexity index is 1080. The normalized spacial score (nSPS) is 12.6. The number of carbonyl (C=O) groups is 1. The van der Waals surface area contributed by atoms with E-state index in [-0.39, 0.29) is 53.4 Å². The Morgan fingerprint density at radius 2 is 1.70 bits per heavy atom. The minimum Gasteiger partial charge on any atom is -0.454 e. The van der Waals surface area contributed by atoms with Crippen LogP contribution in [-0.4, -0.2) is 50.3 Å². The lowest BCUT2D eigenvalue weighted by Crippen LogP contribution is -2.34. The van der Waals surface area contributed by atoms with Crippen LogP contribution in [0.2, 0.25) is 0 Å². The zero-order chi connectivity index (χ0) is 21.7. The van der Waals surface area contributed by atoms with Gasteiger partial charge in [0, 0.05) is 42.5 Å². The second-order valence-corrected chi connectivity index (χ2v) is 8.82. The van der Waals surface area contributed by atoms with Crippen molar-refractivity contribution in [2.45, 2.75) is 4.90 Å². The first kappa shape index (κ1) is 22.2. The van der Waals surface area contributed by atoms with Crippen molar-refractivity contribution in [3.05, 3.63) is 47.5 Å². The second-order valence-electron chi connectivity index (χ2n) is 6.12. The second kappa shape index (κ2) is 9.53. The molecule has 30 heavy (non-hydrogen) atoms. The lowest BCUT2D eigenvalue weighted by atomic mass is 10.1. The number of sulfonamides is 1. The van der Waals surface area contributed by atoms with Crippen molar-refractivity contribution >= 4 is 44.8 Å². The molecule has 0 saturated heterocycles. The molecule has 1 amide bonds. The van der Waals surface area contributed by atoms with Gasteiger partial charge in [0.1, 0.15) is 6.07 Å². The van der Waals surface area contributed by atoms with E-state index in [0.29, 0.717) is 11.5 Å². The average molecular weight is 470 g/mol. The van der Waals surface area contributed by atoms with Gasteiger partial charge < -0.3 is 14.8 Å². The third-order valence-corrected chi connectivity index (χ3v) is 6.55. The molecule has 158 valence electrons. The summed E-state index contributed by atoms with van der Waals surface area (Å²) in [6, 6.07) is 10.4. The van der Waals surface area contributed by atoms with Crippen LogP contribution in [0.5, 0.6) is 11.5 Å². The van der Waals surface area contributed by atoms with Crippen molar-refractivity contribution in [3.8, 4) is 17.6 Å². The number of rotatable bonds is 8. The molecule has 2 aromatic carbocycles. The topological polar surface area (TPSA) is 109 Å².